The normalized spacial score (nSPS) is 18.2. The Morgan fingerprint density at radius 1 is 1.52 bits per heavy atom. The van der Waals surface area contributed by atoms with E-state index >= 15 is 0 Å². The SMILES string of the molecule is CN1C[C@H](C(=O)NCc2ccnc(OCC(F)(F)F)c2)CC1=O. The van der Waals surface area contributed by atoms with Crippen molar-refractivity contribution in [1.29, 1.82) is 0 Å². The number of carbonyl (C=O) groups excluding carboxylic acids is 2. The third-order valence-electron chi connectivity index (χ3n) is 3.36. The van der Waals surface area contributed by atoms with E-state index in [2.05, 4.69) is 15.0 Å². The highest BCUT2D eigenvalue weighted by molar-refractivity contribution is 5.89. The van der Waals surface area contributed by atoms with E-state index in [9.17, 15) is 22.8 Å². The summed E-state index contributed by atoms with van der Waals surface area (Å²) in [4.78, 5) is 28.5. The molecule has 1 saturated heterocycles. The van der Waals surface area contributed by atoms with Crippen molar-refractivity contribution in [2.75, 3.05) is 20.2 Å². The number of ether oxygens (including phenoxy) is 1. The molecule has 0 bridgehead atoms. The summed E-state index contributed by atoms with van der Waals surface area (Å²) in [5.74, 6) is -0.922. The second-order valence-electron chi connectivity index (χ2n) is 5.30. The molecule has 9 heteroatoms. The van der Waals surface area contributed by atoms with Gasteiger partial charge < -0.3 is 15.0 Å². The molecule has 0 radical (unpaired) electrons. The molecule has 0 unspecified atom stereocenters. The summed E-state index contributed by atoms with van der Waals surface area (Å²) < 4.78 is 40.8. The summed E-state index contributed by atoms with van der Waals surface area (Å²) >= 11 is 0. The Balaban J connectivity index is 1.86. The van der Waals surface area contributed by atoms with Crippen molar-refractivity contribution in [3.05, 3.63) is 23.9 Å². The lowest BCUT2D eigenvalue weighted by atomic mass is 10.1. The molecule has 23 heavy (non-hydrogen) atoms. The molecule has 6 nitrogen and oxygen atoms in total. The molecule has 1 aromatic heterocycles. The average molecular weight is 331 g/mol. The molecule has 1 fully saturated rings. The molecule has 0 aromatic carbocycles. The van der Waals surface area contributed by atoms with Crippen LogP contribution in [0.25, 0.3) is 0 Å². The second kappa shape index (κ2) is 6.84. The van der Waals surface area contributed by atoms with Gasteiger partial charge >= 0.3 is 6.18 Å². The van der Waals surface area contributed by atoms with Gasteiger partial charge in [0, 0.05) is 38.8 Å². The van der Waals surface area contributed by atoms with Crippen molar-refractivity contribution in [1.82, 2.24) is 15.2 Å². The third kappa shape index (κ3) is 5.11. The zero-order valence-corrected chi connectivity index (χ0v) is 12.4. The maximum atomic E-state index is 12.1. The number of nitrogens with one attached hydrogen (secondary N) is 1. The fourth-order valence-electron chi connectivity index (χ4n) is 2.17. The summed E-state index contributed by atoms with van der Waals surface area (Å²) in [6.07, 6.45) is -2.97. The maximum absolute atomic E-state index is 12.1. The highest BCUT2D eigenvalue weighted by Crippen LogP contribution is 2.18. The molecule has 2 rings (SSSR count). The van der Waals surface area contributed by atoms with E-state index in [1.165, 1.54) is 17.2 Å². The van der Waals surface area contributed by atoms with E-state index in [4.69, 9.17) is 0 Å². The van der Waals surface area contributed by atoms with Crippen LogP contribution in [-0.2, 0) is 16.1 Å². The predicted molar refractivity (Wildman–Crippen MR) is 73.4 cm³/mol. The number of amides is 2. The molecule has 1 aromatic rings. The van der Waals surface area contributed by atoms with Crippen molar-refractivity contribution < 1.29 is 27.5 Å². The van der Waals surface area contributed by atoms with Crippen molar-refractivity contribution in [3.8, 4) is 5.88 Å². The number of nitrogens with zero attached hydrogens (tertiary/aromatic N) is 2. The van der Waals surface area contributed by atoms with Gasteiger partial charge in [0.1, 0.15) is 0 Å². The first-order valence-electron chi connectivity index (χ1n) is 6.91. The summed E-state index contributed by atoms with van der Waals surface area (Å²) in [7, 11) is 1.63. The smallest absolute Gasteiger partial charge is 0.422 e. The van der Waals surface area contributed by atoms with Gasteiger partial charge in [0.15, 0.2) is 6.61 Å². The molecule has 0 spiro atoms. The van der Waals surface area contributed by atoms with E-state index < -0.39 is 18.7 Å². The summed E-state index contributed by atoms with van der Waals surface area (Å²) in [6.45, 7) is -0.939. The van der Waals surface area contributed by atoms with Crippen LogP contribution in [0.1, 0.15) is 12.0 Å². The van der Waals surface area contributed by atoms with E-state index in [1.807, 2.05) is 0 Å². The Hall–Kier alpha value is -2.32. The van der Waals surface area contributed by atoms with Crippen molar-refractivity contribution in [2.24, 2.45) is 5.92 Å². The van der Waals surface area contributed by atoms with Crippen LogP contribution in [0.15, 0.2) is 18.3 Å². The standard InChI is InChI=1S/C14H16F3N3O3/c1-20-7-10(5-12(20)21)13(22)19-6-9-2-3-18-11(4-9)23-8-14(15,16)17/h2-4,10H,5-8H2,1H3,(H,19,22)/t10-/m1/s1. The van der Waals surface area contributed by atoms with Gasteiger partial charge in [-0.05, 0) is 11.6 Å². The summed E-state index contributed by atoms with van der Waals surface area (Å²) in [5.41, 5.74) is 0.559. The highest BCUT2D eigenvalue weighted by atomic mass is 19.4. The van der Waals surface area contributed by atoms with Gasteiger partial charge in [-0.3, -0.25) is 9.59 Å². The fourth-order valence-corrected chi connectivity index (χ4v) is 2.17. The van der Waals surface area contributed by atoms with Crippen LogP contribution in [0.3, 0.4) is 0 Å². The lowest BCUT2D eigenvalue weighted by Crippen LogP contribution is -2.31. The third-order valence-corrected chi connectivity index (χ3v) is 3.36. The van der Waals surface area contributed by atoms with Crippen LogP contribution in [0.2, 0.25) is 0 Å². The molecule has 126 valence electrons. The molecule has 2 heterocycles. The zero-order chi connectivity index (χ0) is 17.0. The zero-order valence-electron chi connectivity index (χ0n) is 12.4. The first-order valence-corrected chi connectivity index (χ1v) is 6.91. The van der Waals surface area contributed by atoms with E-state index in [1.54, 1.807) is 13.1 Å². The van der Waals surface area contributed by atoms with E-state index in [-0.39, 0.29) is 30.7 Å². The molecule has 1 aliphatic rings. The monoisotopic (exact) mass is 331 g/mol. The number of alkyl halides is 3. The first kappa shape index (κ1) is 17.0. The van der Waals surface area contributed by atoms with Gasteiger partial charge in [-0.15, -0.1) is 0 Å². The number of hydrogen-bond donors (Lipinski definition) is 1. The molecule has 2 amide bonds. The average Bonchev–Trinajstić information content (AvgIpc) is 2.82. The minimum Gasteiger partial charge on any atom is -0.468 e. The second-order valence-corrected chi connectivity index (χ2v) is 5.30. The Kier molecular flexibility index (Phi) is 5.07. The van der Waals surface area contributed by atoms with Crippen LogP contribution >= 0.6 is 0 Å². The summed E-state index contributed by atoms with van der Waals surface area (Å²) in [6, 6.07) is 2.89. The number of pyridine rings is 1. The lowest BCUT2D eigenvalue weighted by Gasteiger charge is -2.12. The first-order chi connectivity index (χ1) is 10.7. The van der Waals surface area contributed by atoms with Gasteiger partial charge in [0.25, 0.3) is 0 Å². The number of hydrogen-bond acceptors (Lipinski definition) is 4. The van der Waals surface area contributed by atoms with Gasteiger partial charge in [-0.1, -0.05) is 0 Å². The number of carbonyl (C=O) groups is 2. The molecular weight excluding hydrogens is 315 g/mol. The van der Waals surface area contributed by atoms with Crippen LogP contribution in [0.4, 0.5) is 13.2 Å². The Bertz CT molecular complexity index is 592. The van der Waals surface area contributed by atoms with Gasteiger partial charge in [0.2, 0.25) is 17.7 Å². The van der Waals surface area contributed by atoms with E-state index in [0.717, 1.165) is 0 Å². The van der Waals surface area contributed by atoms with Crippen LogP contribution in [-0.4, -0.2) is 48.1 Å². The molecule has 1 N–H and O–H groups in total. The van der Waals surface area contributed by atoms with Crippen molar-refractivity contribution >= 4 is 11.8 Å². The summed E-state index contributed by atoms with van der Waals surface area (Å²) in [5, 5.41) is 2.66. The topological polar surface area (TPSA) is 71.5 Å². The van der Waals surface area contributed by atoms with Gasteiger partial charge in [0.05, 0.1) is 5.92 Å². The molecule has 0 saturated carbocycles. The Morgan fingerprint density at radius 3 is 2.87 bits per heavy atom. The lowest BCUT2D eigenvalue weighted by molar-refractivity contribution is -0.154. The quantitative estimate of drug-likeness (QED) is 0.878. The Morgan fingerprint density at radius 2 is 2.26 bits per heavy atom. The van der Waals surface area contributed by atoms with Gasteiger partial charge in [-0.25, -0.2) is 4.98 Å². The fraction of sp³-hybridized carbons (Fsp3) is 0.500. The predicted octanol–water partition coefficient (Wildman–Crippen LogP) is 1.12. The van der Waals surface area contributed by atoms with Crippen LogP contribution in [0.5, 0.6) is 5.88 Å². The highest BCUT2D eigenvalue weighted by Gasteiger charge is 2.32. The molecule has 0 aliphatic carbocycles. The van der Waals surface area contributed by atoms with Crippen molar-refractivity contribution in [2.45, 2.75) is 19.1 Å². The minimum atomic E-state index is -4.44. The molecular formula is C14H16F3N3O3. The number of rotatable bonds is 5. The van der Waals surface area contributed by atoms with E-state index in [0.29, 0.717) is 12.1 Å². The van der Waals surface area contributed by atoms with Crippen LogP contribution in [0, 0.1) is 5.92 Å². The molecule has 1 aliphatic heterocycles. The van der Waals surface area contributed by atoms with Gasteiger partial charge in [-0.2, -0.15) is 13.2 Å². The number of aromatic nitrogens is 1. The van der Waals surface area contributed by atoms with Crippen LogP contribution < -0.4 is 10.1 Å². The Labute approximate surface area is 130 Å². The minimum absolute atomic E-state index is 0.0862. The van der Waals surface area contributed by atoms with Crippen molar-refractivity contribution in [3.63, 3.8) is 0 Å². The molecule has 1 atom stereocenters. The largest absolute Gasteiger partial charge is 0.468 e. The number of likely N-dealkylation sites (tertiary alicyclic amines) is 1. The maximum Gasteiger partial charge on any atom is 0.422 e. The number of halogens is 3.